The molecule has 4 nitrogen and oxygen atoms in total. The molecule has 0 aliphatic heterocycles. The summed E-state index contributed by atoms with van der Waals surface area (Å²) in [7, 11) is 1.83. The topological polar surface area (TPSA) is 53.4 Å². The molecule has 0 bridgehead atoms. The van der Waals surface area contributed by atoms with Crippen molar-refractivity contribution >= 4 is 17.2 Å². The van der Waals surface area contributed by atoms with Crippen molar-refractivity contribution in [2.75, 3.05) is 7.05 Å². The van der Waals surface area contributed by atoms with E-state index in [1.54, 1.807) is 16.2 Å². The summed E-state index contributed by atoms with van der Waals surface area (Å²) in [6, 6.07) is 0.0199. The van der Waals surface area contributed by atoms with Crippen LogP contribution in [0.2, 0.25) is 0 Å². The number of hydrogen-bond donors (Lipinski definition) is 1. The van der Waals surface area contributed by atoms with Crippen molar-refractivity contribution in [1.82, 2.24) is 9.88 Å². The van der Waals surface area contributed by atoms with E-state index in [9.17, 15) is 9.90 Å². The molecule has 1 aromatic rings. The van der Waals surface area contributed by atoms with Crippen LogP contribution >= 0.6 is 11.3 Å². The largest absolute Gasteiger partial charge is 0.392 e. The predicted molar refractivity (Wildman–Crippen MR) is 76.1 cm³/mol. The summed E-state index contributed by atoms with van der Waals surface area (Å²) in [5, 5.41) is 10.9. The molecule has 1 aromatic heterocycles. The van der Waals surface area contributed by atoms with Crippen molar-refractivity contribution < 1.29 is 9.90 Å². The molecule has 1 fully saturated rings. The van der Waals surface area contributed by atoms with Gasteiger partial charge in [-0.3, -0.25) is 4.79 Å². The fourth-order valence-corrected chi connectivity index (χ4v) is 3.81. The Morgan fingerprint density at radius 2 is 2.16 bits per heavy atom. The Morgan fingerprint density at radius 3 is 2.63 bits per heavy atom. The predicted octanol–water partition coefficient (Wildman–Crippen LogP) is 2.44. The van der Waals surface area contributed by atoms with Gasteiger partial charge in [0.1, 0.15) is 0 Å². The highest BCUT2D eigenvalue weighted by Crippen LogP contribution is 2.32. The zero-order valence-corrected chi connectivity index (χ0v) is 12.8. The van der Waals surface area contributed by atoms with Crippen LogP contribution in [-0.2, 0) is 4.79 Å². The lowest BCUT2D eigenvalue weighted by Crippen LogP contribution is -2.37. The molecule has 1 aliphatic rings. The highest BCUT2D eigenvalue weighted by atomic mass is 32.1. The van der Waals surface area contributed by atoms with Crippen LogP contribution in [0.3, 0.4) is 0 Å². The number of hydrogen-bond acceptors (Lipinski definition) is 4. The van der Waals surface area contributed by atoms with Crippen LogP contribution in [-0.4, -0.2) is 34.0 Å². The third-order valence-electron chi connectivity index (χ3n) is 4.04. The van der Waals surface area contributed by atoms with Gasteiger partial charge in [-0.25, -0.2) is 4.98 Å². The van der Waals surface area contributed by atoms with E-state index in [2.05, 4.69) is 4.98 Å². The van der Waals surface area contributed by atoms with Gasteiger partial charge in [0, 0.05) is 11.9 Å². The molecule has 19 heavy (non-hydrogen) atoms. The minimum atomic E-state index is -0.466. The van der Waals surface area contributed by atoms with E-state index >= 15 is 0 Å². The lowest BCUT2D eigenvalue weighted by Gasteiger charge is -2.28. The number of rotatable bonds is 3. The molecular formula is C14H22N2O2S. The van der Waals surface area contributed by atoms with Gasteiger partial charge in [0.2, 0.25) is 5.91 Å². The molecule has 0 aromatic carbocycles. The summed E-state index contributed by atoms with van der Waals surface area (Å²) in [5.41, 5.74) is 1.00. The molecule has 0 saturated heterocycles. The summed E-state index contributed by atoms with van der Waals surface area (Å²) < 4.78 is 0. The first-order chi connectivity index (χ1) is 8.91. The van der Waals surface area contributed by atoms with Gasteiger partial charge in [-0.1, -0.05) is 0 Å². The summed E-state index contributed by atoms with van der Waals surface area (Å²) in [4.78, 5) is 19.8. The number of thiazole rings is 1. The number of nitrogens with zero attached hydrogens (tertiary/aromatic N) is 2. The minimum Gasteiger partial charge on any atom is -0.392 e. The number of carbonyl (C=O) groups is 1. The number of aliphatic hydroxyl groups excluding tert-OH is 1. The molecule has 3 atom stereocenters. The highest BCUT2D eigenvalue weighted by Gasteiger charge is 2.35. The third-order valence-corrected chi connectivity index (χ3v) is 5.29. The van der Waals surface area contributed by atoms with Crippen LogP contribution in [0, 0.1) is 19.8 Å². The van der Waals surface area contributed by atoms with Crippen LogP contribution in [0.5, 0.6) is 0 Å². The van der Waals surface area contributed by atoms with Gasteiger partial charge in [-0.2, -0.15) is 0 Å². The van der Waals surface area contributed by atoms with E-state index in [0.29, 0.717) is 0 Å². The quantitative estimate of drug-likeness (QED) is 0.926. The summed E-state index contributed by atoms with van der Waals surface area (Å²) in [6.45, 7) is 5.99. The Bertz CT molecular complexity index is 472. The lowest BCUT2D eigenvalue weighted by molar-refractivity contribution is -0.138. The number of carbonyl (C=O) groups excluding carboxylic acids is 1. The Morgan fingerprint density at radius 1 is 1.47 bits per heavy atom. The van der Waals surface area contributed by atoms with Gasteiger partial charge in [0.15, 0.2) is 0 Å². The van der Waals surface area contributed by atoms with E-state index in [4.69, 9.17) is 0 Å². The summed E-state index contributed by atoms with van der Waals surface area (Å²) >= 11 is 1.64. The Balaban J connectivity index is 2.12. The molecule has 0 spiro atoms. The Kier molecular flexibility index (Phi) is 4.26. The first-order valence-electron chi connectivity index (χ1n) is 6.80. The van der Waals surface area contributed by atoms with Crippen LogP contribution < -0.4 is 0 Å². The van der Waals surface area contributed by atoms with Gasteiger partial charge in [-0.05, 0) is 40.0 Å². The average molecular weight is 282 g/mol. The second-order valence-corrected chi connectivity index (χ2v) is 6.65. The average Bonchev–Trinajstić information content (AvgIpc) is 2.92. The van der Waals surface area contributed by atoms with Crippen molar-refractivity contribution in [1.29, 1.82) is 0 Å². The molecule has 1 heterocycles. The first-order valence-corrected chi connectivity index (χ1v) is 7.62. The fourth-order valence-electron chi connectivity index (χ4n) is 2.79. The van der Waals surface area contributed by atoms with Crippen molar-refractivity contribution in [3.8, 4) is 0 Å². The van der Waals surface area contributed by atoms with E-state index < -0.39 is 6.10 Å². The molecule has 1 aliphatic carbocycles. The van der Waals surface area contributed by atoms with Gasteiger partial charge in [0.25, 0.3) is 0 Å². The fraction of sp³-hybridized carbons (Fsp3) is 0.714. The molecule has 5 heteroatoms. The number of amides is 1. The van der Waals surface area contributed by atoms with Crippen molar-refractivity contribution in [2.45, 2.75) is 52.2 Å². The lowest BCUT2D eigenvalue weighted by atomic mass is 10.0. The van der Waals surface area contributed by atoms with Crippen LogP contribution in [0.15, 0.2) is 0 Å². The monoisotopic (exact) mass is 282 g/mol. The standard InChI is InChI=1S/C14H22N2O2S/c1-8-13(19-10(3)15-8)9(2)16(4)14(18)11-6-5-7-12(11)17/h9,11-12,17H,5-7H2,1-4H3. The SMILES string of the molecule is Cc1nc(C)c(C(C)N(C)C(=O)C2CCCC2O)s1. The minimum absolute atomic E-state index is 0.0199. The molecule has 1 saturated carbocycles. The van der Waals surface area contributed by atoms with Crippen molar-refractivity contribution in [3.63, 3.8) is 0 Å². The van der Waals surface area contributed by atoms with Crippen molar-refractivity contribution in [3.05, 3.63) is 15.6 Å². The highest BCUT2D eigenvalue weighted by molar-refractivity contribution is 7.11. The maximum Gasteiger partial charge on any atom is 0.228 e. The zero-order chi connectivity index (χ0) is 14.2. The molecule has 106 valence electrons. The maximum absolute atomic E-state index is 12.4. The number of aromatic nitrogens is 1. The molecular weight excluding hydrogens is 260 g/mol. The van der Waals surface area contributed by atoms with Crippen LogP contribution in [0.1, 0.15) is 47.8 Å². The van der Waals surface area contributed by atoms with Gasteiger partial charge >= 0.3 is 0 Å². The molecule has 2 rings (SSSR count). The molecule has 0 radical (unpaired) electrons. The molecule has 1 amide bonds. The van der Waals surface area contributed by atoms with E-state index in [1.165, 1.54) is 0 Å². The van der Waals surface area contributed by atoms with Crippen molar-refractivity contribution in [2.24, 2.45) is 5.92 Å². The first kappa shape index (κ1) is 14.5. The van der Waals surface area contributed by atoms with E-state index in [1.807, 2.05) is 27.8 Å². The third kappa shape index (κ3) is 2.82. The van der Waals surface area contributed by atoms with Crippen LogP contribution in [0.25, 0.3) is 0 Å². The smallest absolute Gasteiger partial charge is 0.228 e. The summed E-state index contributed by atoms with van der Waals surface area (Å²) in [5.74, 6) is -0.162. The summed E-state index contributed by atoms with van der Waals surface area (Å²) in [6.07, 6.45) is 2.03. The van der Waals surface area contributed by atoms with Gasteiger partial charge in [-0.15, -0.1) is 11.3 Å². The Hall–Kier alpha value is -0.940. The zero-order valence-electron chi connectivity index (χ0n) is 12.0. The van der Waals surface area contributed by atoms with Gasteiger partial charge < -0.3 is 10.0 Å². The van der Waals surface area contributed by atoms with E-state index in [-0.39, 0.29) is 17.9 Å². The number of aryl methyl sites for hydroxylation is 2. The van der Waals surface area contributed by atoms with E-state index in [0.717, 1.165) is 34.8 Å². The maximum atomic E-state index is 12.4. The van der Waals surface area contributed by atoms with Crippen LogP contribution in [0.4, 0.5) is 0 Å². The second kappa shape index (κ2) is 5.59. The second-order valence-electron chi connectivity index (χ2n) is 5.41. The normalized spacial score (nSPS) is 24.5. The molecule has 3 unspecified atom stereocenters. The van der Waals surface area contributed by atoms with Gasteiger partial charge in [0.05, 0.1) is 28.8 Å². The molecule has 1 N–H and O–H groups in total. The Labute approximate surface area is 118 Å². The number of aliphatic hydroxyl groups is 1.